The summed E-state index contributed by atoms with van der Waals surface area (Å²) in [6.07, 6.45) is 2.50. The second-order valence-electron chi connectivity index (χ2n) is 9.71. The maximum Gasteiger partial charge on any atom is 0.231 e. The van der Waals surface area contributed by atoms with Gasteiger partial charge in [0.25, 0.3) is 0 Å². The molecule has 1 fully saturated rings. The van der Waals surface area contributed by atoms with Crippen LogP contribution in [0.3, 0.4) is 0 Å². The number of amides is 1. The predicted octanol–water partition coefficient (Wildman–Crippen LogP) is 5.78. The van der Waals surface area contributed by atoms with Crippen molar-refractivity contribution in [2.24, 2.45) is 0 Å². The van der Waals surface area contributed by atoms with E-state index in [4.69, 9.17) is 16.3 Å². The lowest BCUT2D eigenvalue weighted by molar-refractivity contribution is -0.118. The van der Waals surface area contributed by atoms with E-state index in [0.717, 1.165) is 61.0 Å². The molecule has 5 heteroatoms. The number of piperidine rings is 1. The fourth-order valence-corrected chi connectivity index (χ4v) is 5.69. The molecule has 1 spiro atoms. The summed E-state index contributed by atoms with van der Waals surface area (Å²) >= 11 is 6.19. The van der Waals surface area contributed by atoms with Gasteiger partial charge in [-0.2, -0.15) is 0 Å². The molecule has 1 saturated heterocycles. The normalized spacial score (nSPS) is 17.1. The molecule has 5 rings (SSSR count). The van der Waals surface area contributed by atoms with Gasteiger partial charge in [-0.05, 0) is 79.9 Å². The number of rotatable bonds is 5. The summed E-state index contributed by atoms with van der Waals surface area (Å²) in [7, 11) is 1.66. The molecule has 0 saturated carbocycles. The van der Waals surface area contributed by atoms with Crippen molar-refractivity contribution in [1.82, 2.24) is 4.90 Å². The van der Waals surface area contributed by atoms with Gasteiger partial charge in [-0.1, -0.05) is 53.6 Å². The third-order valence-corrected chi connectivity index (χ3v) is 7.63. The molecule has 3 aromatic rings. The fourth-order valence-electron chi connectivity index (χ4n) is 5.48. The number of hydrogen-bond acceptors (Lipinski definition) is 3. The molecular formula is C29H31ClN2O2. The van der Waals surface area contributed by atoms with Gasteiger partial charge < -0.3 is 9.64 Å². The highest BCUT2D eigenvalue weighted by molar-refractivity contribution is 6.30. The van der Waals surface area contributed by atoms with Crippen LogP contribution in [0.2, 0.25) is 5.02 Å². The molecule has 0 aromatic heterocycles. The monoisotopic (exact) mass is 474 g/mol. The second kappa shape index (κ2) is 9.44. The van der Waals surface area contributed by atoms with Crippen LogP contribution in [0.25, 0.3) is 0 Å². The molecule has 3 aromatic carbocycles. The van der Waals surface area contributed by atoms with Crippen LogP contribution in [-0.4, -0.2) is 37.6 Å². The molecule has 2 aliphatic rings. The Hall–Kier alpha value is -2.82. The summed E-state index contributed by atoms with van der Waals surface area (Å²) in [5.41, 5.74) is 5.98. The zero-order chi connectivity index (χ0) is 23.7. The number of methoxy groups -OCH3 is 1. The number of carbonyl (C=O) groups excluding carboxylic acids is 1. The van der Waals surface area contributed by atoms with E-state index >= 15 is 0 Å². The van der Waals surface area contributed by atoms with Crippen molar-refractivity contribution in [3.8, 4) is 5.75 Å². The van der Waals surface area contributed by atoms with Crippen LogP contribution in [0.1, 0.15) is 35.1 Å². The fraction of sp³-hybridized carbons (Fsp3) is 0.345. The number of fused-ring (bicyclic) bond motifs is 2. The quantitative estimate of drug-likeness (QED) is 0.470. The van der Waals surface area contributed by atoms with E-state index in [1.807, 2.05) is 41.3 Å². The smallest absolute Gasteiger partial charge is 0.231 e. The van der Waals surface area contributed by atoms with Crippen LogP contribution in [0.5, 0.6) is 5.75 Å². The van der Waals surface area contributed by atoms with Crippen LogP contribution in [0.15, 0.2) is 66.7 Å². The number of aryl methyl sites for hydroxylation is 1. The molecule has 2 heterocycles. The van der Waals surface area contributed by atoms with Gasteiger partial charge in [0.15, 0.2) is 0 Å². The number of ether oxygens (including phenoxy) is 1. The Morgan fingerprint density at radius 3 is 2.47 bits per heavy atom. The number of carbonyl (C=O) groups is 1. The third-order valence-electron chi connectivity index (χ3n) is 7.40. The highest BCUT2D eigenvalue weighted by Gasteiger charge is 2.46. The second-order valence-corrected chi connectivity index (χ2v) is 10.1. The van der Waals surface area contributed by atoms with Gasteiger partial charge in [-0.3, -0.25) is 9.69 Å². The van der Waals surface area contributed by atoms with Gasteiger partial charge in [-0.15, -0.1) is 0 Å². The lowest BCUT2D eigenvalue weighted by atomic mass is 9.74. The summed E-state index contributed by atoms with van der Waals surface area (Å²) in [6, 6.07) is 22.5. The van der Waals surface area contributed by atoms with Crippen molar-refractivity contribution in [2.75, 3.05) is 31.6 Å². The van der Waals surface area contributed by atoms with Gasteiger partial charge in [0, 0.05) is 29.2 Å². The van der Waals surface area contributed by atoms with Gasteiger partial charge in [0.05, 0.1) is 13.5 Å². The first kappa shape index (κ1) is 22.9. The SMILES string of the molecule is COc1ccc(CC(=O)N2CC3(CCN(Cc4cccc(Cl)c4)CC3)c3cc(C)ccc32)cc1. The van der Waals surface area contributed by atoms with Crippen molar-refractivity contribution >= 4 is 23.2 Å². The molecule has 176 valence electrons. The Labute approximate surface area is 207 Å². The lowest BCUT2D eigenvalue weighted by Gasteiger charge is -2.40. The minimum absolute atomic E-state index is 0.0295. The summed E-state index contributed by atoms with van der Waals surface area (Å²) in [6.45, 7) is 5.86. The molecule has 0 atom stereocenters. The molecule has 4 nitrogen and oxygen atoms in total. The zero-order valence-electron chi connectivity index (χ0n) is 19.9. The lowest BCUT2D eigenvalue weighted by Crippen LogP contribution is -2.46. The largest absolute Gasteiger partial charge is 0.497 e. The molecule has 0 aliphatic carbocycles. The molecule has 2 aliphatic heterocycles. The van der Waals surface area contributed by atoms with Crippen molar-refractivity contribution < 1.29 is 9.53 Å². The number of hydrogen-bond donors (Lipinski definition) is 0. The first-order valence-electron chi connectivity index (χ1n) is 12.0. The van der Waals surface area contributed by atoms with E-state index in [9.17, 15) is 4.79 Å². The molecule has 0 unspecified atom stereocenters. The van der Waals surface area contributed by atoms with Gasteiger partial charge in [0.2, 0.25) is 5.91 Å². The van der Waals surface area contributed by atoms with Crippen LogP contribution in [0.4, 0.5) is 5.69 Å². The molecule has 1 amide bonds. The van der Waals surface area contributed by atoms with E-state index in [1.165, 1.54) is 16.7 Å². The summed E-state index contributed by atoms with van der Waals surface area (Å²) < 4.78 is 5.25. The Kier molecular flexibility index (Phi) is 6.37. The van der Waals surface area contributed by atoms with E-state index in [0.29, 0.717) is 6.42 Å². The standard InChI is InChI=1S/C29H31ClN2O2/c1-21-6-11-27-26(16-21)29(12-14-31(15-13-29)19-23-4-3-5-24(30)17-23)20-32(27)28(33)18-22-7-9-25(34-2)10-8-22/h3-11,16-17H,12-15,18-20H2,1-2H3. The first-order valence-corrected chi connectivity index (χ1v) is 12.3. The average molecular weight is 475 g/mol. The van der Waals surface area contributed by atoms with Crippen molar-refractivity contribution in [3.05, 3.63) is 94.0 Å². The maximum atomic E-state index is 13.5. The average Bonchev–Trinajstić information content (AvgIpc) is 3.14. The summed E-state index contributed by atoms with van der Waals surface area (Å²) in [5.74, 6) is 0.968. The van der Waals surface area contributed by atoms with E-state index in [2.05, 4.69) is 42.2 Å². The van der Waals surface area contributed by atoms with Crippen molar-refractivity contribution in [2.45, 2.75) is 38.1 Å². The van der Waals surface area contributed by atoms with Gasteiger partial charge >= 0.3 is 0 Å². The Balaban J connectivity index is 1.33. The van der Waals surface area contributed by atoms with Crippen LogP contribution in [0, 0.1) is 6.92 Å². The highest BCUT2D eigenvalue weighted by atomic mass is 35.5. The first-order chi connectivity index (χ1) is 16.5. The Morgan fingerprint density at radius 1 is 1.00 bits per heavy atom. The summed E-state index contributed by atoms with van der Waals surface area (Å²) in [5, 5.41) is 0.789. The van der Waals surface area contributed by atoms with E-state index < -0.39 is 0 Å². The number of nitrogens with zero attached hydrogens (tertiary/aromatic N) is 2. The topological polar surface area (TPSA) is 32.8 Å². The van der Waals surface area contributed by atoms with Crippen molar-refractivity contribution in [1.29, 1.82) is 0 Å². The van der Waals surface area contributed by atoms with Crippen LogP contribution < -0.4 is 9.64 Å². The Bertz CT molecular complexity index is 1180. The molecule has 0 bridgehead atoms. The number of likely N-dealkylation sites (tertiary alicyclic amines) is 1. The number of halogens is 1. The van der Waals surface area contributed by atoms with Gasteiger partial charge in [-0.25, -0.2) is 0 Å². The van der Waals surface area contributed by atoms with Crippen LogP contribution >= 0.6 is 11.6 Å². The Morgan fingerprint density at radius 2 is 1.76 bits per heavy atom. The molecule has 0 radical (unpaired) electrons. The number of anilines is 1. The van der Waals surface area contributed by atoms with Crippen molar-refractivity contribution in [3.63, 3.8) is 0 Å². The maximum absolute atomic E-state index is 13.5. The minimum atomic E-state index is 0.0295. The van der Waals surface area contributed by atoms with Crippen LogP contribution in [-0.2, 0) is 23.2 Å². The zero-order valence-corrected chi connectivity index (χ0v) is 20.6. The predicted molar refractivity (Wildman–Crippen MR) is 138 cm³/mol. The molecule has 34 heavy (non-hydrogen) atoms. The van der Waals surface area contributed by atoms with Gasteiger partial charge in [0.1, 0.15) is 5.75 Å². The third kappa shape index (κ3) is 4.57. The summed E-state index contributed by atoms with van der Waals surface area (Å²) in [4.78, 5) is 18.0. The highest BCUT2D eigenvalue weighted by Crippen LogP contribution is 2.47. The molecule has 0 N–H and O–H groups in total. The minimum Gasteiger partial charge on any atom is -0.497 e. The van der Waals surface area contributed by atoms with E-state index in [-0.39, 0.29) is 11.3 Å². The molecular weight excluding hydrogens is 444 g/mol. The van der Waals surface area contributed by atoms with E-state index in [1.54, 1.807) is 7.11 Å². The number of benzene rings is 3.